The van der Waals surface area contributed by atoms with Gasteiger partial charge in [-0.3, -0.25) is 4.98 Å². The van der Waals surface area contributed by atoms with Gasteiger partial charge in [0.25, 0.3) is 0 Å². The normalized spacial score (nSPS) is 11.6. The molecule has 0 spiro atoms. The Morgan fingerprint density at radius 2 is 2.11 bits per heavy atom. The Balaban J connectivity index is 2.38. The fourth-order valence-electron chi connectivity index (χ4n) is 2.12. The van der Waals surface area contributed by atoms with Gasteiger partial charge >= 0.3 is 0 Å². The highest BCUT2D eigenvalue weighted by molar-refractivity contribution is 7.11. The number of aromatic nitrogens is 2. The average molecular weight is 276 g/mol. The van der Waals surface area contributed by atoms with Gasteiger partial charge in [-0.05, 0) is 23.0 Å². The Hall–Kier alpha value is -1.62. The van der Waals surface area contributed by atoms with Crippen LogP contribution >= 0.6 is 11.5 Å². The molecule has 0 atom stereocenters. The van der Waals surface area contributed by atoms with E-state index in [-0.39, 0.29) is 5.41 Å². The van der Waals surface area contributed by atoms with E-state index < -0.39 is 0 Å². The maximum Gasteiger partial charge on any atom is 0.147 e. The smallest absolute Gasteiger partial charge is 0.147 e. The molecule has 19 heavy (non-hydrogen) atoms. The first-order chi connectivity index (χ1) is 8.88. The van der Waals surface area contributed by atoms with Crippen LogP contribution in [-0.4, -0.2) is 22.9 Å². The minimum Gasteiger partial charge on any atom is -0.382 e. The zero-order valence-electron chi connectivity index (χ0n) is 11.8. The van der Waals surface area contributed by atoms with E-state index in [1.807, 2.05) is 18.3 Å². The summed E-state index contributed by atoms with van der Waals surface area (Å²) in [5.41, 5.74) is 8.25. The third-order valence-electron chi connectivity index (χ3n) is 2.71. The second kappa shape index (κ2) is 5.17. The third-order valence-corrected chi connectivity index (χ3v) is 3.69. The van der Waals surface area contributed by atoms with Gasteiger partial charge in [0.15, 0.2) is 0 Å². The number of nitrogens with zero attached hydrogens (tertiary/aromatic N) is 3. The van der Waals surface area contributed by atoms with Crippen molar-refractivity contribution in [2.75, 3.05) is 24.2 Å². The highest BCUT2D eigenvalue weighted by Gasteiger charge is 2.21. The predicted molar refractivity (Wildman–Crippen MR) is 82.5 cm³/mol. The van der Waals surface area contributed by atoms with Crippen LogP contribution in [0.15, 0.2) is 24.5 Å². The molecule has 2 aromatic heterocycles. The molecule has 0 unspecified atom stereocenters. The molecule has 0 bridgehead atoms. The average Bonchev–Trinajstić information content (AvgIpc) is 2.70. The summed E-state index contributed by atoms with van der Waals surface area (Å²) in [6.45, 7) is 7.61. The highest BCUT2D eigenvalue weighted by Crippen LogP contribution is 2.39. The summed E-state index contributed by atoms with van der Waals surface area (Å²) >= 11 is 1.44. The van der Waals surface area contributed by atoms with E-state index in [2.05, 4.69) is 42.1 Å². The van der Waals surface area contributed by atoms with Gasteiger partial charge in [-0.1, -0.05) is 26.8 Å². The summed E-state index contributed by atoms with van der Waals surface area (Å²) in [5, 5.41) is 1.10. The fourth-order valence-corrected chi connectivity index (χ4v) is 2.91. The second-order valence-corrected chi connectivity index (χ2v) is 6.66. The third kappa shape index (κ3) is 3.23. The van der Waals surface area contributed by atoms with Crippen molar-refractivity contribution in [3.8, 4) is 11.1 Å². The zero-order chi connectivity index (χ0) is 14.0. The van der Waals surface area contributed by atoms with Crippen LogP contribution in [0, 0.1) is 5.41 Å². The van der Waals surface area contributed by atoms with Crippen LogP contribution in [0.4, 0.5) is 10.8 Å². The lowest BCUT2D eigenvalue weighted by Crippen LogP contribution is -2.28. The predicted octanol–water partition coefficient (Wildman–Crippen LogP) is 3.27. The van der Waals surface area contributed by atoms with E-state index in [1.54, 1.807) is 6.20 Å². The van der Waals surface area contributed by atoms with Crippen LogP contribution in [0.5, 0.6) is 0 Å². The fraction of sp³-hybridized carbons (Fsp3) is 0.429. The molecule has 2 aromatic rings. The molecule has 0 aromatic carbocycles. The van der Waals surface area contributed by atoms with E-state index in [0.717, 1.165) is 22.7 Å². The van der Waals surface area contributed by atoms with E-state index in [0.29, 0.717) is 5.82 Å². The topological polar surface area (TPSA) is 55.0 Å². The lowest BCUT2D eigenvalue weighted by atomic mass is 9.96. The minimum absolute atomic E-state index is 0.222. The molecule has 0 aliphatic carbocycles. The molecule has 2 N–H and O–H groups in total. The van der Waals surface area contributed by atoms with Crippen molar-refractivity contribution in [1.82, 2.24) is 9.36 Å². The summed E-state index contributed by atoms with van der Waals surface area (Å²) < 4.78 is 4.29. The van der Waals surface area contributed by atoms with E-state index >= 15 is 0 Å². The quantitative estimate of drug-likeness (QED) is 0.934. The molecule has 0 radical (unpaired) electrons. The van der Waals surface area contributed by atoms with Gasteiger partial charge in [-0.2, -0.15) is 4.37 Å². The van der Waals surface area contributed by atoms with Crippen LogP contribution in [-0.2, 0) is 0 Å². The molecular weight excluding hydrogens is 256 g/mol. The maximum atomic E-state index is 6.02. The first-order valence-corrected chi connectivity index (χ1v) is 7.02. The highest BCUT2D eigenvalue weighted by atomic mass is 32.1. The first-order valence-electron chi connectivity index (χ1n) is 6.25. The number of nitrogen functional groups attached to an aromatic ring is 1. The summed E-state index contributed by atoms with van der Waals surface area (Å²) in [4.78, 5) is 6.38. The molecule has 5 heteroatoms. The standard InChI is InChI=1S/C14H20N4S/c1-14(2,3)9-18(4)13-11(12(15)17-19-13)10-6-5-7-16-8-10/h5-8H,9H2,1-4H3,(H2,15,17). The first kappa shape index (κ1) is 13.8. The van der Waals surface area contributed by atoms with Crippen LogP contribution < -0.4 is 10.6 Å². The Kier molecular flexibility index (Phi) is 3.75. The van der Waals surface area contributed by atoms with Crippen molar-refractivity contribution in [3.05, 3.63) is 24.5 Å². The Labute approximate surface area is 118 Å². The lowest BCUT2D eigenvalue weighted by molar-refractivity contribution is 0.420. The molecule has 0 saturated carbocycles. The number of rotatable bonds is 3. The van der Waals surface area contributed by atoms with Crippen molar-refractivity contribution >= 4 is 22.4 Å². The molecule has 2 heterocycles. The number of hydrogen-bond acceptors (Lipinski definition) is 5. The molecule has 0 aliphatic heterocycles. The summed E-state index contributed by atoms with van der Waals surface area (Å²) in [5.74, 6) is 0.578. The Bertz CT molecular complexity index is 542. The molecule has 2 rings (SSSR count). The molecule has 0 amide bonds. The molecule has 4 nitrogen and oxygen atoms in total. The van der Waals surface area contributed by atoms with Gasteiger partial charge in [0.2, 0.25) is 0 Å². The van der Waals surface area contributed by atoms with E-state index in [9.17, 15) is 0 Å². The number of hydrogen-bond donors (Lipinski definition) is 1. The monoisotopic (exact) mass is 276 g/mol. The largest absolute Gasteiger partial charge is 0.382 e. The summed E-state index contributed by atoms with van der Waals surface area (Å²) in [7, 11) is 2.08. The van der Waals surface area contributed by atoms with Gasteiger partial charge in [0.1, 0.15) is 10.8 Å². The summed E-state index contributed by atoms with van der Waals surface area (Å²) in [6.07, 6.45) is 3.59. The van der Waals surface area contributed by atoms with Crippen molar-refractivity contribution in [1.29, 1.82) is 0 Å². The Morgan fingerprint density at radius 1 is 1.37 bits per heavy atom. The van der Waals surface area contributed by atoms with Crippen molar-refractivity contribution in [3.63, 3.8) is 0 Å². The van der Waals surface area contributed by atoms with Crippen LogP contribution in [0.2, 0.25) is 0 Å². The number of pyridine rings is 1. The van der Waals surface area contributed by atoms with Crippen LogP contribution in [0.25, 0.3) is 11.1 Å². The van der Waals surface area contributed by atoms with Gasteiger partial charge in [0, 0.05) is 31.5 Å². The summed E-state index contributed by atoms with van der Waals surface area (Å²) in [6, 6.07) is 3.93. The van der Waals surface area contributed by atoms with E-state index in [1.165, 1.54) is 11.5 Å². The van der Waals surface area contributed by atoms with Gasteiger partial charge in [-0.25, -0.2) is 0 Å². The van der Waals surface area contributed by atoms with Gasteiger partial charge < -0.3 is 10.6 Å². The van der Waals surface area contributed by atoms with Gasteiger partial charge in [-0.15, -0.1) is 0 Å². The number of nitrogens with two attached hydrogens (primary N) is 1. The van der Waals surface area contributed by atoms with E-state index in [4.69, 9.17) is 5.73 Å². The molecule has 0 fully saturated rings. The number of anilines is 2. The SMILES string of the molecule is CN(CC(C)(C)C)c1snc(N)c1-c1cccnc1. The van der Waals surface area contributed by atoms with Crippen molar-refractivity contribution in [2.24, 2.45) is 5.41 Å². The van der Waals surface area contributed by atoms with Gasteiger partial charge in [0.05, 0.1) is 5.56 Å². The van der Waals surface area contributed by atoms with Crippen LogP contribution in [0.3, 0.4) is 0 Å². The minimum atomic E-state index is 0.222. The van der Waals surface area contributed by atoms with Crippen molar-refractivity contribution < 1.29 is 0 Å². The second-order valence-electron chi connectivity index (χ2n) is 5.91. The maximum absolute atomic E-state index is 6.02. The lowest BCUT2D eigenvalue weighted by Gasteiger charge is -2.27. The van der Waals surface area contributed by atoms with Crippen LogP contribution in [0.1, 0.15) is 20.8 Å². The molecule has 0 aliphatic rings. The zero-order valence-corrected chi connectivity index (χ0v) is 12.7. The molecule has 0 saturated heterocycles. The molecule has 102 valence electrons. The molecular formula is C14H20N4S. The Morgan fingerprint density at radius 3 is 2.68 bits per heavy atom. The van der Waals surface area contributed by atoms with Crippen molar-refractivity contribution in [2.45, 2.75) is 20.8 Å².